The molecule has 0 spiro atoms. The molecular formula is C14H21Cl2N. The molecule has 0 radical (unpaired) electrons. The third kappa shape index (κ3) is 5.29. The zero-order chi connectivity index (χ0) is 11.2. The Morgan fingerprint density at radius 2 is 1.82 bits per heavy atom. The number of benzene rings is 1. The molecule has 1 aromatic carbocycles. The molecule has 0 aliphatic heterocycles. The highest BCUT2D eigenvalue weighted by Crippen LogP contribution is 2.18. The molecule has 17 heavy (non-hydrogen) atoms. The molecule has 1 aromatic rings. The van der Waals surface area contributed by atoms with Crippen LogP contribution in [0.15, 0.2) is 24.3 Å². The summed E-state index contributed by atoms with van der Waals surface area (Å²) < 4.78 is 0. The standard InChI is InChI=1S/C14H20ClN.ClH/c15-13-7-5-6-12(10-13)11-16-14-8-3-1-2-4-9-14;/h5-7,10,14,16H,1-4,8-9,11H2;1H. The van der Waals surface area contributed by atoms with Gasteiger partial charge in [-0.15, -0.1) is 12.4 Å². The molecule has 0 unspecified atom stereocenters. The average molecular weight is 274 g/mol. The summed E-state index contributed by atoms with van der Waals surface area (Å²) in [6, 6.07) is 8.84. The molecule has 2 rings (SSSR count). The lowest BCUT2D eigenvalue weighted by Crippen LogP contribution is -2.27. The van der Waals surface area contributed by atoms with Crippen LogP contribution in [0.2, 0.25) is 5.02 Å². The molecule has 1 fully saturated rings. The molecule has 0 amide bonds. The van der Waals surface area contributed by atoms with E-state index < -0.39 is 0 Å². The second-order valence-corrected chi connectivity index (χ2v) is 5.14. The highest BCUT2D eigenvalue weighted by molar-refractivity contribution is 6.30. The predicted molar refractivity (Wildman–Crippen MR) is 77.0 cm³/mol. The smallest absolute Gasteiger partial charge is 0.0409 e. The van der Waals surface area contributed by atoms with Gasteiger partial charge in [-0.2, -0.15) is 0 Å². The lowest BCUT2D eigenvalue weighted by Gasteiger charge is -2.16. The van der Waals surface area contributed by atoms with E-state index in [1.807, 2.05) is 18.2 Å². The Kier molecular flexibility index (Phi) is 6.94. The Morgan fingerprint density at radius 3 is 2.47 bits per heavy atom. The van der Waals surface area contributed by atoms with Gasteiger partial charge in [-0.25, -0.2) is 0 Å². The molecule has 1 saturated carbocycles. The van der Waals surface area contributed by atoms with E-state index in [4.69, 9.17) is 11.6 Å². The predicted octanol–water partition coefficient (Wildman–Crippen LogP) is 4.57. The van der Waals surface area contributed by atoms with Crippen molar-refractivity contribution in [2.45, 2.75) is 51.1 Å². The molecule has 0 bridgehead atoms. The van der Waals surface area contributed by atoms with Crippen LogP contribution in [0.25, 0.3) is 0 Å². The van der Waals surface area contributed by atoms with Gasteiger partial charge in [0.25, 0.3) is 0 Å². The quantitative estimate of drug-likeness (QED) is 0.796. The minimum atomic E-state index is 0. The van der Waals surface area contributed by atoms with E-state index in [1.165, 1.54) is 44.1 Å². The van der Waals surface area contributed by atoms with E-state index in [0.717, 1.165) is 11.6 Å². The van der Waals surface area contributed by atoms with Crippen molar-refractivity contribution in [3.05, 3.63) is 34.9 Å². The van der Waals surface area contributed by atoms with Crippen LogP contribution in [0.1, 0.15) is 44.1 Å². The Balaban J connectivity index is 0.00000144. The van der Waals surface area contributed by atoms with E-state index in [9.17, 15) is 0 Å². The molecular weight excluding hydrogens is 253 g/mol. The van der Waals surface area contributed by atoms with Crippen molar-refractivity contribution in [2.75, 3.05) is 0 Å². The van der Waals surface area contributed by atoms with Gasteiger partial charge in [0.05, 0.1) is 0 Å². The van der Waals surface area contributed by atoms with Crippen LogP contribution in [0.5, 0.6) is 0 Å². The summed E-state index contributed by atoms with van der Waals surface area (Å²) in [6.07, 6.45) is 8.26. The molecule has 1 N–H and O–H groups in total. The maximum absolute atomic E-state index is 5.96. The molecule has 0 saturated heterocycles. The monoisotopic (exact) mass is 273 g/mol. The number of hydrogen-bond donors (Lipinski definition) is 1. The molecule has 1 nitrogen and oxygen atoms in total. The van der Waals surface area contributed by atoms with Crippen molar-refractivity contribution in [1.82, 2.24) is 5.32 Å². The largest absolute Gasteiger partial charge is 0.310 e. The summed E-state index contributed by atoms with van der Waals surface area (Å²) in [5, 5.41) is 4.48. The first-order chi connectivity index (χ1) is 7.84. The van der Waals surface area contributed by atoms with Gasteiger partial charge in [-0.05, 0) is 30.5 Å². The topological polar surface area (TPSA) is 12.0 Å². The van der Waals surface area contributed by atoms with Gasteiger partial charge in [-0.1, -0.05) is 49.4 Å². The lowest BCUT2D eigenvalue weighted by molar-refractivity contribution is 0.459. The molecule has 3 heteroatoms. The maximum Gasteiger partial charge on any atom is 0.0409 e. The van der Waals surface area contributed by atoms with E-state index >= 15 is 0 Å². The molecule has 0 heterocycles. The summed E-state index contributed by atoms with van der Waals surface area (Å²) in [7, 11) is 0. The minimum Gasteiger partial charge on any atom is -0.310 e. The molecule has 1 aliphatic carbocycles. The third-order valence-corrected chi connectivity index (χ3v) is 3.57. The Bertz CT molecular complexity index is 320. The molecule has 0 atom stereocenters. The summed E-state index contributed by atoms with van der Waals surface area (Å²) in [5.74, 6) is 0. The summed E-state index contributed by atoms with van der Waals surface area (Å²) >= 11 is 5.96. The van der Waals surface area contributed by atoms with Crippen molar-refractivity contribution < 1.29 is 0 Å². The zero-order valence-corrected chi connectivity index (χ0v) is 11.7. The van der Waals surface area contributed by atoms with Crippen LogP contribution in [-0.4, -0.2) is 6.04 Å². The van der Waals surface area contributed by atoms with E-state index in [-0.39, 0.29) is 12.4 Å². The van der Waals surface area contributed by atoms with Gasteiger partial charge < -0.3 is 5.32 Å². The number of nitrogens with one attached hydrogen (secondary N) is 1. The van der Waals surface area contributed by atoms with E-state index in [1.54, 1.807) is 0 Å². The Morgan fingerprint density at radius 1 is 1.12 bits per heavy atom. The van der Waals surface area contributed by atoms with Gasteiger partial charge >= 0.3 is 0 Å². The number of halogens is 2. The second-order valence-electron chi connectivity index (χ2n) is 4.70. The van der Waals surface area contributed by atoms with Gasteiger partial charge in [-0.3, -0.25) is 0 Å². The van der Waals surface area contributed by atoms with Crippen molar-refractivity contribution in [3.8, 4) is 0 Å². The lowest BCUT2D eigenvalue weighted by atomic mass is 10.1. The first kappa shape index (κ1) is 14.8. The van der Waals surface area contributed by atoms with Crippen molar-refractivity contribution >= 4 is 24.0 Å². The molecule has 1 aliphatic rings. The first-order valence-electron chi connectivity index (χ1n) is 6.32. The third-order valence-electron chi connectivity index (χ3n) is 3.34. The first-order valence-corrected chi connectivity index (χ1v) is 6.70. The average Bonchev–Trinajstić information content (AvgIpc) is 2.55. The second kappa shape index (κ2) is 7.97. The fourth-order valence-corrected chi connectivity index (χ4v) is 2.61. The minimum absolute atomic E-state index is 0. The molecule has 96 valence electrons. The fraction of sp³-hybridized carbons (Fsp3) is 0.571. The summed E-state index contributed by atoms with van der Waals surface area (Å²) in [5.41, 5.74) is 1.29. The normalized spacial score (nSPS) is 17.2. The Labute approximate surface area is 115 Å². The number of rotatable bonds is 3. The zero-order valence-electron chi connectivity index (χ0n) is 10.1. The number of hydrogen-bond acceptors (Lipinski definition) is 1. The van der Waals surface area contributed by atoms with Gasteiger partial charge in [0, 0.05) is 17.6 Å². The maximum atomic E-state index is 5.96. The van der Waals surface area contributed by atoms with Gasteiger partial charge in [0.15, 0.2) is 0 Å². The fourth-order valence-electron chi connectivity index (χ4n) is 2.39. The molecule has 0 aromatic heterocycles. The highest BCUT2D eigenvalue weighted by atomic mass is 35.5. The Hall–Kier alpha value is -0.240. The summed E-state index contributed by atoms with van der Waals surface area (Å²) in [6.45, 7) is 0.950. The van der Waals surface area contributed by atoms with E-state index in [0.29, 0.717) is 6.04 Å². The van der Waals surface area contributed by atoms with Crippen molar-refractivity contribution in [1.29, 1.82) is 0 Å². The van der Waals surface area contributed by atoms with Crippen LogP contribution >= 0.6 is 24.0 Å². The van der Waals surface area contributed by atoms with Crippen LogP contribution < -0.4 is 5.32 Å². The SMILES string of the molecule is Cl.Clc1cccc(CNC2CCCCCC2)c1. The van der Waals surface area contributed by atoms with E-state index in [2.05, 4.69) is 11.4 Å². The van der Waals surface area contributed by atoms with Crippen LogP contribution in [0.4, 0.5) is 0 Å². The van der Waals surface area contributed by atoms with Crippen molar-refractivity contribution in [3.63, 3.8) is 0 Å². The van der Waals surface area contributed by atoms with Crippen LogP contribution in [0, 0.1) is 0 Å². The van der Waals surface area contributed by atoms with Crippen LogP contribution in [0.3, 0.4) is 0 Å². The summed E-state index contributed by atoms with van der Waals surface area (Å²) in [4.78, 5) is 0. The highest BCUT2D eigenvalue weighted by Gasteiger charge is 2.11. The van der Waals surface area contributed by atoms with Gasteiger partial charge in [0.2, 0.25) is 0 Å². The van der Waals surface area contributed by atoms with Crippen molar-refractivity contribution in [2.24, 2.45) is 0 Å². The van der Waals surface area contributed by atoms with Gasteiger partial charge in [0.1, 0.15) is 0 Å². The van der Waals surface area contributed by atoms with Crippen LogP contribution in [-0.2, 0) is 6.54 Å².